The molecule has 36 heavy (non-hydrogen) atoms. The molecule has 0 spiro atoms. The summed E-state index contributed by atoms with van der Waals surface area (Å²) in [5, 5.41) is 2.86. The molecule has 2 unspecified atom stereocenters. The highest BCUT2D eigenvalue weighted by molar-refractivity contribution is 6.05. The van der Waals surface area contributed by atoms with Gasteiger partial charge in [0.25, 0.3) is 5.91 Å². The lowest BCUT2D eigenvalue weighted by molar-refractivity contribution is -0.144. The van der Waals surface area contributed by atoms with Gasteiger partial charge in [-0.25, -0.2) is 0 Å². The SMILES string of the molecule is CCOC(=O)CC1c2ccccc2C(C=NC)CN1Cc1ccc(C(=O)Nc2ccccc2N)cc1. The second kappa shape index (κ2) is 11.6. The molecule has 2 atom stereocenters. The van der Waals surface area contributed by atoms with Crippen LogP contribution in [-0.2, 0) is 16.1 Å². The first kappa shape index (κ1) is 25.1. The van der Waals surface area contributed by atoms with Crippen molar-refractivity contribution in [2.75, 3.05) is 31.2 Å². The first-order valence-corrected chi connectivity index (χ1v) is 12.2. The van der Waals surface area contributed by atoms with Gasteiger partial charge in [-0.2, -0.15) is 0 Å². The Kier molecular flexibility index (Phi) is 8.13. The predicted molar refractivity (Wildman–Crippen MR) is 143 cm³/mol. The van der Waals surface area contributed by atoms with E-state index in [0.717, 1.165) is 17.7 Å². The molecule has 4 rings (SSSR count). The minimum absolute atomic E-state index is 0.106. The zero-order valence-corrected chi connectivity index (χ0v) is 20.7. The van der Waals surface area contributed by atoms with E-state index in [1.165, 1.54) is 5.56 Å². The normalized spacial score (nSPS) is 17.5. The number of esters is 1. The molecular formula is C29H32N4O3. The zero-order chi connectivity index (χ0) is 25.5. The van der Waals surface area contributed by atoms with Crippen molar-refractivity contribution in [1.82, 2.24) is 4.90 Å². The van der Waals surface area contributed by atoms with E-state index < -0.39 is 0 Å². The summed E-state index contributed by atoms with van der Waals surface area (Å²) in [7, 11) is 1.78. The van der Waals surface area contributed by atoms with Crippen LogP contribution in [-0.4, -0.2) is 43.2 Å². The number of benzene rings is 3. The Morgan fingerprint density at radius 1 is 1.06 bits per heavy atom. The van der Waals surface area contributed by atoms with Crippen LogP contribution in [0.25, 0.3) is 0 Å². The maximum Gasteiger partial charge on any atom is 0.307 e. The van der Waals surface area contributed by atoms with E-state index >= 15 is 0 Å². The van der Waals surface area contributed by atoms with Crippen molar-refractivity contribution < 1.29 is 14.3 Å². The van der Waals surface area contributed by atoms with Crippen LogP contribution in [0, 0.1) is 0 Å². The highest BCUT2D eigenvalue weighted by Crippen LogP contribution is 2.38. The smallest absolute Gasteiger partial charge is 0.307 e. The van der Waals surface area contributed by atoms with E-state index in [-0.39, 0.29) is 30.3 Å². The molecule has 0 aliphatic carbocycles. The van der Waals surface area contributed by atoms with Crippen molar-refractivity contribution in [3.8, 4) is 0 Å². The molecule has 0 bridgehead atoms. The summed E-state index contributed by atoms with van der Waals surface area (Å²) in [4.78, 5) is 31.8. The number of hydrogen-bond acceptors (Lipinski definition) is 6. The van der Waals surface area contributed by atoms with Crippen molar-refractivity contribution in [2.45, 2.75) is 31.8 Å². The summed E-state index contributed by atoms with van der Waals surface area (Å²) in [5.74, 6) is -0.297. The van der Waals surface area contributed by atoms with Gasteiger partial charge >= 0.3 is 5.97 Å². The lowest BCUT2D eigenvalue weighted by Gasteiger charge is -2.40. The van der Waals surface area contributed by atoms with Crippen LogP contribution in [0.3, 0.4) is 0 Å². The molecule has 1 amide bonds. The summed E-state index contributed by atoms with van der Waals surface area (Å²) in [6.45, 7) is 3.53. The number of nitrogens with one attached hydrogen (secondary N) is 1. The number of nitrogens with zero attached hydrogens (tertiary/aromatic N) is 2. The highest BCUT2D eigenvalue weighted by Gasteiger charge is 2.34. The van der Waals surface area contributed by atoms with E-state index in [1.807, 2.05) is 61.7 Å². The number of hydrogen-bond donors (Lipinski definition) is 2. The Morgan fingerprint density at radius 2 is 1.75 bits per heavy atom. The average molecular weight is 485 g/mol. The molecule has 0 fully saturated rings. The van der Waals surface area contributed by atoms with Crippen molar-refractivity contribution in [2.24, 2.45) is 4.99 Å². The molecule has 3 aromatic rings. The van der Waals surface area contributed by atoms with Gasteiger partial charge in [0.05, 0.1) is 24.4 Å². The molecule has 1 aliphatic rings. The molecule has 1 heterocycles. The summed E-state index contributed by atoms with van der Waals surface area (Å²) in [6, 6.07) is 22.8. The highest BCUT2D eigenvalue weighted by atomic mass is 16.5. The predicted octanol–water partition coefficient (Wildman–Crippen LogP) is 4.82. The molecule has 7 nitrogen and oxygen atoms in total. The molecular weight excluding hydrogens is 452 g/mol. The monoisotopic (exact) mass is 484 g/mol. The van der Waals surface area contributed by atoms with Gasteiger partial charge in [-0.3, -0.25) is 14.5 Å². The fourth-order valence-electron chi connectivity index (χ4n) is 4.73. The zero-order valence-electron chi connectivity index (χ0n) is 20.7. The Labute approximate surface area is 212 Å². The molecule has 7 heteroatoms. The number of amides is 1. The van der Waals surface area contributed by atoms with E-state index in [2.05, 4.69) is 27.3 Å². The number of aliphatic imine (C=N–C) groups is 1. The number of ether oxygens (including phenoxy) is 1. The molecule has 0 saturated carbocycles. The third kappa shape index (κ3) is 5.80. The van der Waals surface area contributed by atoms with Gasteiger partial charge < -0.3 is 20.8 Å². The van der Waals surface area contributed by atoms with Crippen molar-refractivity contribution >= 4 is 29.5 Å². The van der Waals surface area contributed by atoms with E-state index in [1.54, 1.807) is 19.2 Å². The third-order valence-corrected chi connectivity index (χ3v) is 6.43. The van der Waals surface area contributed by atoms with Gasteiger partial charge in [0.2, 0.25) is 0 Å². The van der Waals surface area contributed by atoms with Gasteiger partial charge in [0.15, 0.2) is 0 Å². The van der Waals surface area contributed by atoms with Gasteiger partial charge in [-0.15, -0.1) is 0 Å². The van der Waals surface area contributed by atoms with Crippen LogP contribution >= 0.6 is 0 Å². The Bertz CT molecular complexity index is 1240. The van der Waals surface area contributed by atoms with Crippen molar-refractivity contribution in [3.63, 3.8) is 0 Å². The quantitative estimate of drug-likeness (QED) is 0.272. The topological polar surface area (TPSA) is 97.0 Å². The molecule has 186 valence electrons. The second-order valence-corrected chi connectivity index (χ2v) is 8.84. The van der Waals surface area contributed by atoms with E-state index in [4.69, 9.17) is 10.5 Å². The molecule has 3 N–H and O–H groups in total. The number of nitrogens with two attached hydrogens (primary N) is 1. The van der Waals surface area contributed by atoms with Gasteiger partial charge in [-0.05, 0) is 47.9 Å². The Hall–Kier alpha value is -3.97. The average Bonchev–Trinajstić information content (AvgIpc) is 2.88. The van der Waals surface area contributed by atoms with Crippen LogP contribution in [0.1, 0.15) is 52.4 Å². The number of nitrogen functional groups attached to an aromatic ring is 1. The third-order valence-electron chi connectivity index (χ3n) is 6.43. The lowest BCUT2D eigenvalue weighted by atomic mass is 9.84. The minimum Gasteiger partial charge on any atom is -0.466 e. The summed E-state index contributed by atoms with van der Waals surface area (Å²) in [5.41, 5.74) is 11.0. The van der Waals surface area contributed by atoms with Gasteiger partial charge in [0.1, 0.15) is 0 Å². The molecule has 0 aromatic heterocycles. The first-order valence-electron chi connectivity index (χ1n) is 12.2. The van der Waals surface area contributed by atoms with Gasteiger partial charge in [0, 0.05) is 43.9 Å². The number of carbonyl (C=O) groups excluding carboxylic acids is 2. The number of para-hydroxylation sites is 2. The number of anilines is 2. The van der Waals surface area contributed by atoms with Crippen LogP contribution < -0.4 is 11.1 Å². The molecule has 0 saturated heterocycles. The van der Waals surface area contributed by atoms with Crippen LogP contribution in [0.15, 0.2) is 77.8 Å². The first-order chi connectivity index (χ1) is 17.5. The second-order valence-electron chi connectivity index (χ2n) is 8.84. The van der Waals surface area contributed by atoms with E-state index in [0.29, 0.717) is 30.1 Å². The molecule has 3 aromatic carbocycles. The minimum atomic E-state index is -0.217. The van der Waals surface area contributed by atoms with Gasteiger partial charge in [-0.1, -0.05) is 48.5 Å². The molecule has 1 aliphatic heterocycles. The number of rotatable bonds is 8. The van der Waals surface area contributed by atoms with Crippen molar-refractivity contribution in [1.29, 1.82) is 0 Å². The summed E-state index contributed by atoms with van der Waals surface area (Å²) < 4.78 is 5.29. The standard InChI is InChI=1S/C29H32N4O3/c1-3-36-28(34)16-27-24-9-5-4-8-23(24)22(17-31-2)19-33(27)18-20-12-14-21(15-13-20)29(35)32-26-11-7-6-10-25(26)30/h4-15,17,22,27H,3,16,18-19,30H2,1-2H3,(H,32,35). The van der Waals surface area contributed by atoms with Crippen LogP contribution in [0.2, 0.25) is 0 Å². The fourth-order valence-corrected chi connectivity index (χ4v) is 4.73. The Balaban J connectivity index is 1.55. The number of fused-ring (bicyclic) bond motifs is 1. The largest absolute Gasteiger partial charge is 0.466 e. The van der Waals surface area contributed by atoms with Crippen LogP contribution in [0.4, 0.5) is 11.4 Å². The number of carbonyl (C=O) groups is 2. The summed E-state index contributed by atoms with van der Waals surface area (Å²) in [6.07, 6.45) is 2.25. The molecule has 0 radical (unpaired) electrons. The Morgan fingerprint density at radius 3 is 2.44 bits per heavy atom. The van der Waals surface area contributed by atoms with Crippen molar-refractivity contribution in [3.05, 3.63) is 95.1 Å². The van der Waals surface area contributed by atoms with E-state index in [9.17, 15) is 9.59 Å². The fraction of sp³-hybridized carbons (Fsp3) is 0.276. The maximum absolute atomic E-state index is 12.7. The lowest BCUT2D eigenvalue weighted by Crippen LogP contribution is -2.39. The summed E-state index contributed by atoms with van der Waals surface area (Å²) >= 11 is 0. The maximum atomic E-state index is 12.7. The van der Waals surface area contributed by atoms with Crippen LogP contribution in [0.5, 0.6) is 0 Å².